The first kappa shape index (κ1) is 17.3. The van der Waals surface area contributed by atoms with Crippen molar-refractivity contribution >= 4 is 27.9 Å². The maximum Gasteiger partial charge on any atom is 0.420 e. The summed E-state index contributed by atoms with van der Waals surface area (Å²) >= 11 is 3.32. The molecule has 1 saturated heterocycles. The van der Waals surface area contributed by atoms with E-state index in [4.69, 9.17) is 0 Å². The van der Waals surface area contributed by atoms with Crippen molar-refractivity contribution in [2.45, 2.75) is 45.3 Å². The van der Waals surface area contributed by atoms with Crippen LogP contribution in [-0.4, -0.2) is 40.4 Å². The second-order valence-electron chi connectivity index (χ2n) is 5.28. The molecule has 0 saturated carbocycles. The highest BCUT2D eigenvalue weighted by Gasteiger charge is 2.64. The highest BCUT2D eigenvalue weighted by atomic mass is 79.9. The highest BCUT2D eigenvalue weighted by molar-refractivity contribution is 9.09. The van der Waals surface area contributed by atoms with E-state index < -0.39 is 29.1 Å². The summed E-state index contributed by atoms with van der Waals surface area (Å²) in [6, 6.07) is -0.984. The third-order valence-corrected chi connectivity index (χ3v) is 5.31. The molecule has 4 nitrogen and oxygen atoms in total. The minimum Gasteiger partial charge on any atom is -0.316 e. The van der Waals surface area contributed by atoms with Gasteiger partial charge >= 0.3 is 12.2 Å². The van der Waals surface area contributed by atoms with Crippen molar-refractivity contribution < 1.29 is 22.8 Å². The first-order valence-electron chi connectivity index (χ1n) is 6.33. The highest BCUT2D eigenvalue weighted by Crippen LogP contribution is 2.38. The van der Waals surface area contributed by atoms with Crippen LogP contribution in [0.2, 0.25) is 0 Å². The number of carbonyl (C=O) groups excluding carboxylic acids is 2. The maximum atomic E-state index is 12.9. The van der Waals surface area contributed by atoms with E-state index in [1.165, 1.54) is 0 Å². The Labute approximate surface area is 124 Å². The summed E-state index contributed by atoms with van der Waals surface area (Å²) in [6.45, 7) is 4.43. The molecule has 1 unspecified atom stereocenters. The lowest BCUT2D eigenvalue weighted by Crippen LogP contribution is -2.56. The Hall–Kier alpha value is -0.790. The number of alkyl halides is 4. The Balaban J connectivity index is 3.05. The normalized spacial score (nSPS) is 24.2. The van der Waals surface area contributed by atoms with Crippen LogP contribution in [0.4, 0.5) is 18.0 Å². The van der Waals surface area contributed by atoms with E-state index in [-0.39, 0.29) is 6.54 Å². The molecule has 1 atom stereocenters. The number of halogens is 4. The molecule has 0 radical (unpaired) electrons. The largest absolute Gasteiger partial charge is 0.420 e. The van der Waals surface area contributed by atoms with Crippen LogP contribution in [0.25, 0.3) is 0 Å². The fourth-order valence-electron chi connectivity index (χ4n) is 2.07. The monoisotopic (exact) mass is 358 g/mol. The molecule has 0 aliphatic carbocycles. The molecule has 3 amide bonds. The van der Waals surface area contributed by atoms with Gasteiger partial charge in [-0.25, -0.2) is 4.79 Å². The Bertz CT molecular complexity index is 402. The number of nitrogens with one attached hydrogen (secondary N) is 1. The van der Waals surface area contributed by atoms with Gasteiger partial charge < -0.3 is 5.32 Å². The lowest BCUT2D eigenvalue weighted by molar-refractivity contribution is -0.191. The number of urea groups is 1. The van der Waals surface area contributed by atoms with Gasteiger partial charge in [-0.1, -0.05) is 29.8 Å². The molecule has 116 valence electrons. The van der Waals surface area contributed by atoms with Crippen LogP contribution in [0.1, 0.15) is 33.6 Å². The fourth-order valence-corrected chi connectivity index (χ4v) is 3.04. The average Bonchev–Trinajstić information content (AvgIpc) is 2.59. The molecule has 1 aliphatic heterocycles. The third-order valence-electron chi connectivity index (χ3n) is 4.12. The number of nitrogens with zero attached hydrogens (tertiary/aromatic N) is 1. The lowest BCUT2D eigenvalue weighted by Gasteiger charge is -2.33. The summed E-state index contributed by atoms with van der Waals surface area (Å²) in [5.74, 6) is -1.23. The Morgan fingerprint density at radius 2 is 1.75 bits per heavy atom. The van der Waals surface area contributed by atoms with Crippen molar-refractivity contribution in [3.05, 3.63) is 0 Å². The van der Waals surface area contributed by atoms with Gasteiger partial charge in [0, 0.05) is 11.9 Å². The minimum absolute atomic E-state index is 0.0262. The van der Waals surface area contributed by atoms with E-state index in [9.17, 15) is 22.8 Å². The second-order valence-corrected chi connectivity index (χ2v) is 5.85. The number of imide groups is 1. The number of amides is 3. The van der Waals surface area contributed by atoms with Crippen molar-refractivity contribution in [1.29, 1.82) is 0 Å². The molecule has 0 aromatic rings. The van der Waals surface area contributed by atoms with Crippen LogP contribution in [0.3, 0.4) is 0 Å². The number of rotatable bonds is 5. The van der Waals surface area contributed by atoms with E-state index in [0.29, 0.717) is 30.0 Å². The molecule has 0 aromatic carbocycles. The van der Waals surface area contributed by atoms with Crippen molar-refractivity contribution in [3.8, 4) is 0 Å². The maximum absolute atomic E-state index is 12.9. The number of carbonyl (C=O) groups is 2. The summed E-state index contributed by atoms with van der Waals surface area (Å²) in [7, 11) is 0. The van der Waals surface area contributed by atoms with Crippen molar-refractivity contribution in [1.82, 2.24) is 10.2 Å². The first-order valence-corrected chi connectivity index (χ1v) is 7.46. The quantitative estimate of drug-likeness (QED) is 0.606. The zero-order chi connectivity index (χ0) is 15.8. The second kappa shape index (κ2) is 5.54. The average molecular weight is 359 g/mol. The zero-order valence-corrected chi connectivity index (χ0v) is 13.2. The van der Waals surface area contributed by atoms with Crippen LogP contribution >= 0.6 is 15.9 Å². The molecule has 1 N–H and O–H groups in total. The number of hydrogen-bond donors (Lipinski definition) is 1. The van der Waals surface area contributed by atoms with Crippen LogP contribution in [0.5, 0.6) is 0 Å². The van der Waals surface area contributed by atoms with Crippen LogP contribution in [0.15, 0.2) is 0 Å². The van der Waals surface area contributed by atoms with E-state index in [1.54, 1.807) is 5.32 Å². The fraction of sp³-hybridized carbons (Fsp3) is 0.833. The van der Waals surface area contributed by atoms with Crippen LogP contribution in [0, 0.1) is 5.41 Å². The van der Waals surface area contributed by atoms with Crippen molar-refractivity contribution in [2.75, 3.05) is 11.9 Å². The SMILES string of the molecule is CCC(CC)(CBr)CN1C(=O)NC(C)(C(F)(F)F)C1=O. The van der Waals surface area contributed by atoms with Gasteiger partial charge in [-0.15, -0.1) is 0 Å². The molecule has 1 aliphatic rings. The van der Waals surface area contributed by atoms with Crippen molar-refractivity contribution in [2.24, 2.45) is 5.41 Å². The summed E-state index contributed by atoms with van der Waals surface area (Å²) < 4.78 is 38.8. The van der Waals surface area contributed by atoms with Gasteiger partial charge in [0.05, 0.1) is 0 Å². The van der Waals surface area contributed by atoms with Crippen LogP contribution in [-0.2, 0) is 4.79 Å². The van der Waals surface area contributed by atoms with E-state index in [0.717, 1.165) is 0 Å². The smallest absolute Gasteiger partial charge is 0.316 e. The standard InChI is InChI=1S/C12H18BrF3N2O2/c1-4-11(5-2,6-13)7-18-8(19)10(3,12(14,15)16)17-9(18)20/h4-7H2,1-3H3,(H,17,20). The van der Waals surface area contributed by atoms with Gasteiger partial charge in [-0.05, 0) is 25.2 Å². The molecule has 8 heteroatoms. The van der Waals surface area contributed by atoms with Gasteiger partial charge in [0.25, 0.3) is 5.91 Å². The Morgan fingerprint density at radius 3 is 2.05 bits per heavy atom. The summed E-state index contributed by atoms with van der Waals surface area (Å²) in [4.78, 5) is 24.5. The first-order chi connectivity index (χ1) is 9.07. The predicted octanol–water partition coefficient (Wildman–Crippen LogP) is 3.06. The topological polar surface area (TPSA) is 49.4 Å². The third kappa shape index (κ3) is 2.66. The molecular formula is C12H18BrF3N2O2. The molecule has 0 aromatic heterocycles. The predicted molar refractivity (Wildman–Crippen MR) is 71.5 cm³/mol. The summed E-state index contributed by atoms with van der Waals surface area (Å²) in [6.07, 6.45) is -3.52. The van der Waals surface area contributed by atoms with E-state index in [2.05, 4.69) is 15.9 Å². The van der Waals surface area contributed by atoms with E-state index >= 15 is 0 Å². The molecule has 1 rings (SSSR count). The molecule has 0 bridgehead atoms. The van der Waals surface area contributed by atoms with Gasteiger partial charge in [0.1, 0.15) is 0 Å². The number of hydrogen-bond acceptors (Lipinski definition) is 2. The van der Waals surface area contributed by atoms with Gasteiger partial charge in [-0.2, -0.15) is 13.2 Å². The Morgan fingerprint density at radius 1 is 1.25 bits per heavy atom. The van der Waals surface area contributed by atoms with E-state index in [1.807, 2.05) is 13.8 Å². The van der Waals surface area contributed by atoms with Gasteiger partial charge in [0.2, 0.25) is 5.54 Å². The van der Waals surface area contributed by atoms with Crippen molar-refractivity contribution in [3.63, 3.8) is 0 Å². The summed E-state index contributed by atoms with van der Waals surface area (Å²) in [5.41, 5.74) is -3.24. The molecular weight excluding hydrogens is 341 g/mol. The lowest BCUT2D eigenvalue weighted by atomic mass is 9.84. The van der Waals surface area contributed by atoms with Gasteiger partial charge in [0.15, 0.2) is 0 Å². The Kier molecular flexibility index (Phi) is 4.78. The summed E-state index contributed by atoms with van der Waals surface area (Å²) in [5, 5.41) is 2.27. The molecule has 0 spiro atoms. The minimum atomic E-state index is -4.82. The van der Waals surface area contributed by atoms with Gasteiger partial charge in [-0.3, -0.25) is 9.69 Å². The zero-order valence-electron chi connectivity index (χ0n) is 11.6. The van der Waals surface area contributed by atoms with Crippen LogP contribution < -0.4 is 5.32 Å². The molecule has 1 heterocycles. The molecule has 1 fully saturated rings. The molecule has 20 heavy (non-hydrogen) atoms.